The predicted molar refractivity (Wildman–Crippen MR) is 156 cm³/mol. The molecule has 3 aromatic rings. The van der Waals surface area contributed by atoms with Crippen LogP contribution in [0.25, 0.3) is 11.3 Å². The highest BCUT2D eigenvalue weighted by atomic mass is 16.5. The van der Waals surface area contributed by atoms with E-state index < -0.39 is 6.04 Å². The van der Waals surface area contributed by atoms with Gasteiger partial charge in [-0.25, -0.2) is 0 Å². The van der Waals surface area contributed by atoms with Crippen LogP contribution in [-0.4, -0.2) is 59.1 Å². The van der Waals surface area contributed by atoms with Gasteiger partial charge in [0.05, 0.1) is 25.9 Å². The number of unbranched alkanes of at least 4 members (excludes halogenated alkanes) is 3. The molecule has 1 atom stereocenters. The molecule has 0 radical (unpaired) electrons. The summed E-state index contributed by atoms with van der Waals surface area (Å²) >= 11 is 0. The molecule has 1 aromatic heterocycles. The maximum absolute atomic E-state index is 13.7. The van der Waals surface area contributed by atoms with Crippen LogP contribution in [-0.2, 0) is 4.74 Å². The van der Waals surface area contributed by atoms with Crippen molar-refractivity contribution in [1.29, 1.82) is 0 Å². The van der Waals surface area contributed by atoms with Crippen LogP contribution in [0.3, 0.4) is 0 Å². The molecule has 4 rings (SSSR count). The number of amides is 1. The molecule has 0 aliphatic carbocycles. The summed E-state index contributed by atoms with van der Waals surface area (Å²) in [4.78, 5) is 15.6. The van der Waals surface area contributed by atoms with E-state index in [1.165, 1.54) is 12.8 Å². The largest absolute Gasteiger partial charge is 0.507 e. The number of aromatic nitrogens is 2. The van der Waals surface area contributed by atoms with Crippen molar-refractivity contribution in [2.75, 3.05) is 26.9 Å². The van der Waals surface area contributed by atoms with Crippen molar-refractivity contribution >= 4 is 5.91 Å². The highest BCUT2D eigenvalue weighted by Crippen LogP contribution is 2.46. The summed E-state index contributed by atoms with van der Waals surface area (Å²) in [7, 11) is 1.63. The Labute approximate surface area is 237 Å². The molecule has 8 heteroatoms. The van der Waals surface area contributed by atoms with Gasteiger partial charge < -0.3 is 24.2 Å². The molecule has 2 N–H and O–H groups in total. The van der Waals surface area contributed by atoms with Gasteiger partial charge in [0.1, 0.15) is 17.1 Å². The standard InChI is InChI=1S/C32H43N3O5/c1-7-8-9-10-15-40-25-13-12-23(19-26(25)38-6)31-28-29(27-22(5)17-21(4)18-24(27)36)33-34-30(28)32(37)35(31)14-11-16-39-20(2)3/h12-13,17-20,31,36H,7-11,14-16H2,1-6H3,(H,33,34). The number of hydrogen-bond acceptors (Lipinski definition) is 6. The minimum atomic E-state index is -0.414. The summed E-state index contributed by atoms with van der Waals surface area (Å²) < 4.78 is 17.6. The van der Waals surface area contributed by atoms with E-state index in [-0.39, 0.29) is 17.8 Å². The minimum Gasteiger partial charge on any atom is -0.507 e. The van der Waals surface area contributed by atoms with Crippen LogP contribution in [0.4, 0.5) is 0 Å². The monoisotopic (exact) mass is 549 g/mol. The van der Waals surface area contributed by atoms with Gasteiger partial charge in [0.15, 0.2) is 11.5 Å². The van der Waals surface area contributed by atoms with Gasteiger partial charge in [-0.05, 0) is 75.4 Å². The second-order valence-corrected chi connectivity index (χ2v) is 10.8. The number of phenolic OH excluding ortho intramolecular Hbond substituents is 1. The fraction of sp³-hybridized carbons (Fsp3) is 0.500. The topological polar surface area (TPSA) is 96.9 Å². The van der Waals surface area contributed by atoms with E-state index in [9.17, 15) is 9.90 Å². The number of aromatic amines is 1. The molecule has 0 spiro atoms. The second kappa shape index (κ2) is 13.2. The van der Waals surface area contributed by atoms with Gasteiger partial charge in [-0.2, -0.15) is 5.10 Å². The summed E-state index contributed by atoms with van der Waals surface area (Å²) in [5.41, 5.74) is 5.15. The predicted octanol–water partition coefficient (Wildman–Crippen LogP) is 6.73. The Morgan fingerprint density at radius 3 is 2.55 bits per heavy atom. The molecule has 0 saturated carbocycles. The Kier molecular flexibility index (Phi) is 9.74. The molecule has 0 saturated heterocycles. The highest BCUT2D eigenvalue weighted by molar-refractivity contribution is 6.00. The lowest BCUT2D eigenvalue weighted by Gasteiger charge is -2.27. The molecule has 0 fully saturated rings. The fourth-order valence-corrected chi connectivity index (χ4v) is 5.46. The number of hydrogen-bond donors (Lipinski definition) is 2. The second-order valence-electron chi connectivity index (χ2n) is 10.8. The van der Waals surface area contributed by atoms with Crippen molar-refractivity contribution in [1.82, 2.24) is 15.1 Å². The van der Waals surface area contributed by atoms with Crippen LogP contribution in [0.2, 0.25) is 0 Å². The summed E-state index contributed by atoms with van der Waals surface area (Å²) in [5.74, 6) is 1.33. The number of rotatable bonds is 14. The number of ether oxygens (including phenoxy) is 3. The fourth-order valence-electron chi connectivity index (χ4n) is 5.46. The summed E-state index contributed by atoms with van der Waals surface area (Å²) in [6, 6.07) is 9.19. The van der Waals surface area contributed by atoms with Gasteiger partial charge >= 0.3 is 0 Å². The van der Waals surface area contributed by atoms with Crippen LogP contribution < -0.4 is 9.47 Å². The lowest BCUT2D eigenvalue weighted by Crippen LogP contribution is -2.31. The number of carbonyl (C=O) groups is 1. The van der Waals surface area contributed by atoms with Crippen molar-refractivity contribution < 1.29 is 24.1 Å². The van der Waals surface area contributed by atoms with Gasteiger partial charge in [0.25, 0.3) is 5.91 Å². The summed E-state index contributed by atoms with van der Waals surface area (Å²) in [5, 5.41) is 18.5. The Hall–Kier alpha value is -3.52. The lowest BCUT2D eigenvalue weighted by molar-refractivity contribution is 0.0601. The molecule has 2 aromatic carbocycles. The molecule has 2 heterocycles. The van der Waals surface area contributed by atoms with E-state index in [1.807, 2.05) is 56.9 Å². The van der Waals surface area contributed by atoms with E-state index in [0.717, 1.165) is 35.1 Å². The first-order valence-electron chi connectivity index (χ1n) is 14.4. The van der Waals surface area contributed by atoms with Gasteiger partial charge in [-0.3, -0.25) is 9.89 Å². The summed E-state index contributed by atoms with van der Waals surface area (Å²) in [6.07, 6.45) is 5.31. The first-order chi connectivity index (χ1) is 19.3. The number of nitrogens with one attached hydrogen (secondary N) is 1. The maximum Gasteiger partial charge on any atom is 0.273 e. The third kappa shape index (κ3) is 6.28. The van der Waals surface area contributed by atoms with E-state index in [1.54, 1.807) is 13.2 Å². The van der Waals surface area contributed by atoms with E-state index in [2.05, 4.69) is 17.1 Å². The molecular weight excluding hydrogens is 506 g/mol. The average Bonchev–Trinajstić information content (AvgIpc) is 3.44. The summed E-state index contributed by atoms with van der Waals surface area (Å²) in [6.45, 7) is 11.8. The number of carbonyl (C=O) groups excluding carboxylic acids is 1. The maximum atomic E-state index is 13.7. The Morgan fingerprint density at radius 1 is 1.05 bits per heavy atom. The zero-order valence-corrected chi connectivity index (χ0v) is 24.7. The van der Waals surface area contributed by atoms with E-state index >= 15 is 0 Å². The van der Waals surface area contributed by atoms with Crippen molar-refractivity contribution in [2.24, 2.45) is 0 Å². The van der Waals surface area contributed by atoms with Gasteiger partial charge in [0, 0.05) is 24.3 Å². The Morgan fingerprint density at radius 2 is 1.85 bits per heavy atom. The van der Waals surface area contributed by atoms with Crippen LogP contribution in [0.1, 0.15) is 91.7 Å². The van der Waals surface area contributed by atoms with Crippen LogP contribution in [0.5, 0.6) is 17.2 Å². The zero-order chi connectivity index (χ0) is 28.8. The van der Waals surface area contributed by atoms with Crippen molar-refractivity contribution in [2.45, 2.75) is 78.9 Å². The molecule has 1 unspecified atom stereocenters. The molecule has 216 valence electrons. The number of fused-ring (bicyclic) bond motifs is 1. The van der Waals surface area contributed by atoms with Gasteiger partial charge in [0.2, 0.25) is 0 Å². The number of nitrogens with zero attached hydrogens (tertiary/aromatic N) is 2. The quantitative estimate of drug-likeness (QED) is 0.217. The van der Waals surface area contributed by atoms with Gasteiger partial charge in [-0.1, -0.05) is 38.3 Å². The smallest absolute Gasteiger partial charge is 0.273 e. The number of H-pyrrole nitrogens is 1. The average molecular weight is 550 g/mol. The molecule has 1 amide bonds. The Balaban J connectivity index is 1.73. The number of aryl methyl sites for hydroxylation is 2. The lowest BCUT2D eigenvalue weighted by atomic mass is 9.93. The van der Waals surface area contributed by atoms with Crippen LogP contribution >= 0.6 is 0 Å². The first kappa shape index (κ1) is 29.5. The number of benzene rings is 2. The molecule has 1 aliphatic heterocycles. The van der Waals surface area contributed by atoms with Crippen LogP contribution in [0, 0.1) is 13.8 Å². The molecule has 0 bridgehead atoms. The molecular formula is C32H43N3O5. The van der Waals surface area contributed by atoms with Crippen LogP contribution in [0.15, 0.2) is 30.3 Å². The number of aromatic hydroxyl groups is 1. The van der Waals surface area contributed by atoms with Crippen molar-refractivity contribution in [3.63, 3.8) is 0 Å². The van der Waals surface area contributed by atoms with Gasteiger partial charge in [-0.15, -0.1) is 0 Å². The molecule has 40 heavy (non-hydrogen) atoms. The third-order valence-corrected chi connectivity index (χ3v) is 7.31. The number of phenols is 1. The molecule has 8 nitrogen and oxygen atoms in total. The minimum absolute atomic E-state index is 0.122. The van der Waals surface area contributed by atoms with Crippen molar-refractivity contribution in [3.8, 4) is 28.5 Å². The molecule has 1 aliphatic rings. The number of methoxy groups -OCH3 is 1. The SMILES string of the molecule is CCCCCCOc1ccc(C2c3c(-c4c(C)cc(C)cc4O)n[nH]c3C(=O)N2CCCOC(C)C)cc1OC. The normalized spacial score (nSPS) is 14.7. The van der Waals surface area contributed by atoms with E-state index in [0.29, 0.717) is 54.6 Å². The third-order valence-electron chi connectivity index (χ3n) is 7.31. The first-order valence-corrected chi connectivity index (χ1v) is 14.4. The Bertz CT molecular complexity index is 1290. The zero-order valence-electron chi connectivity index (χ0n) is 24.7. The highest BCUT2D eigenvalue weighted by Gasteiger charge is 2.42. The van der Waals surface area contributed by atoms with E-state index in [4.69, 9.17) is 14.2 Å². The van der Waals surface area contributed by atoms with Crippen molar-refractivity contribution in [3.05, 3.63) is 58.3 Å².